The first-order valence-electron chi connectivity index (χ1n) is 18.8. The third-order valence-corrected chi connectivity index (χ3v) is 10.7. The third kappa shape index (κ3) is 5.37. The van der Waals surface area contributed by atoms with Crippen molar-refractivity contribution in [2.75, 3.05) is 0 Å². The normalized spacial score (nSPS) is 11.6. The summed E-state index contributed by atoms with van der Waals surface area (Å²) in [7, 11) is 0. The van der Waals surface area contributed by atoms with Crippen LogP contribution in [-0.2, 0) is 0 Å². The minimum Gasteiger partial charge on any atom is -0.455 e. The summed E-state index contributed by atoms with van der Waals surface area (Å²) in [5.41, 5.74) is 12.3. The molecule has 3 heterocycles. The van der Waals surface area contributed by atoms with Crippen LogP contribution in [0.1, 0.15) is 0 Å². The van der Waals surface area contributed by atoms with E-state index in [1.807, 2.05) is 48.5 Å². The summed E-state index contributed by atoms with van der Waals surface area (Å²) in [6, 6.07) is 67.4. The highest BCUT2D eigenvalue weighted by Gasteiger charge is 2.19. The van der Waals surface area contributed by atoms with Crippen LogP contribution in [0, 0.1) is 0 Å². The van der Waals surface area contributed by atoms with Gasteiger partial charge in [-0.3, -0.25) is 0 Å². The first kappa shape index (κ1) is 31.9. The summed E-state index contributed by atoms with van der Waals surface area (Å²) in [6.07, 6.45) is 0. The van der Waals surface area contributed by atoms with Crippen molar-refractivity contribution in [1.82, 2.24) is 19.5 Å². The van der Waals surface area contributed by atoms with E-state index in [1.54, 1.807) is 0 Å². The molecule has 3 aromatic heterocycles. The molecule has 0 saturated carbocycles. The van der Waals surface area contributed by atoms with Crippen molar-refractivity contribution in [2.24, 2.45) is 0 Å². The van der Waals surface area contributed by atoms with Crippen LogP contribution in [0.4, 0.5) is 0 Å². The van der Waals surface area contributed by atoms with E-state index < -0.39 is 0 Å². The van der Waals surface area contributed by atoms with E-state index in [9.17, 15) is 0 Å². The number of hydrogen-bond donors (Lipinski definition) is 0. The predicted molar refractivity (Wildman–Crippen MR) is 229 cm³/mol. The Morgan fingerprint density at radius 1 is 0.339 bits per heavy atom. The number of hydrogen-bond acceptors (Lipinski definition) is 4. The Morgan fingerprint density at radius 3 is 1.64 bits per heavy atom. The minimum absolute atomic E-state index is 0.616. The number of benzene rings is 8. The fourth-order valence-electron chi connectivity index (χ4n) is 7.95. The Balaban J connectivity index is 1.09. The topological polar surface area (TPSA) is 56.7 Å². The summed E-state index contributed by atoms with van der Waals surface area (Å²) in [4.78, 5) is 15.2. The molecule has 0 amide bonds. The zero-order valence-corrected chi connectivity index (χ0v) is 30.2. The second-order valence-electron chi connectivity index (χ2n) is 14.0. The van der Waals surface area contributed by atoms with Gasteiger partial charge in [-0.1, -0.05) is 158 Å². The maximum Gasteiger partial charge on any atom is 0.164 e. The van der Waals surface area contributed by atoms with Crippen LogP contribution in [0.15, 0.2) is 199 Å². The first-order chi connectivity index (χ1) is 27.7. The van der Waals surface area contributed by atoms with Gasteiger partial charge in [-0.15, -0.1) is 0 Å². The van der Waals surface area contributed by atoms with Gasteiger partial charge in [0.15, 0.2) is 17.5 Å². The fraction of sp³-hybridized carbons (Fsp3) is 0. The van der Waals surface area contributed by atoms with E-state index in [-0.39, 0.29) is 0 Å². The maximum atomic E-state index is 6.46. The smallest absolute Gasteiger partial charge is 0.164 e. The SMILES string of the molecule is c1ccc(-c2ccc(-c3nc(-c4ccccc4)nc(-c4ccc5c6cc(-c7cccc8c7oc7ccccc78)ccc6n(-c6ccccc6)c5c4)n3)cc2)cc1. The van der Waals surface area contributed by atoms with E-state index in [1.165, 1.54) is 5.56 Å². The molecule has 11 aromatic rings. The summed E-state index contributed by atoms with van der Waals surface area (Å²) in [5, 5.41) is 4.54. The standard InChI is InChI=1S/C51H32N4O/c1-4-13-33(14-5-1)34-23-25-36(26-24-34)50-52-49(35-15-6-2-7-16-35)53-51(54-50)38-27-29-41-44-31-37(28-30-45(44)55(46(41)32-38)39-17-8-3-9-18-39)40-20-12-21-43-42-19-10-11-22-47(42)56-48(40)43/h1-32H. The number of rotatable bonds is 6. The van der Waals surface area contributed by atoms with Crippen LogP contribution in [0.25, 0.3) is 106 Å². The lowest BCUT2D eigenvalue weighted by Gasteiger charge is -2.11. The van der Waals surface area contributed by atoms with Crippen LogP contribution in [0.3, 0.4) is 0 Å². The zero-order valence-electron chi connectivity index (χ0n) is 30.2. The van der Waals surface area contributed by atoms with Crippen LogP contribution in [0.5, 0.6) is 0 Å². The molecule has 0 saturated heterocycles. The number of furan rings is 1. The predicted octanol–water partition coefficient (Wildman–Crippen LogP) is 13.2. The molecule has 5 heteroatoms. The van der Waals surface area contributed by atoms with Gasteiger partial charge >= 0.3 is 0 Å². The molecular weight excluding hydrogens is 685 g/mol. The molecule has 0 aliphatic carbocycles. The summed E-state index contributed by atoms with van der Waals surface area (Å²) in [6.45, 7) is 0. The summed E-state index contributed by atoms with van der Waals surface area (Å²) >= 11 is 0. The zero-order chi connectivity index (χ0) is 37.0. The lowest BCUT2D eigenvalue weighted by atomic mass is 10.00. The van der Waals surface area contributed by atoms with Gasteiger partial charge in [-0.25, -0.2) is 15.0 Å². The minimum atomic E-state index is 0.616. The van der Waals surface area contributed by atoms with Crippen LogP contribution in [0.2, 0.25) is 0 Å². The van der Waals surface area contributed by atoms with Gasteiger partial charge < -0.3 is 8.98 Å². The van der Waals surface area contributed by atoms with Crippen molar-refractivity contribution in [1.29, 1.82) is 0 Å². The molecule has 0 atom stereocenters. The molecule has 0 spiro atoms. The number of para-hydroxylation sites is 3. The van der Waals surface area contributed by atoms with Gasteiger partial charge in [-0.2, -0.15) is 0 Å². The van der Waals surface area contributed by atoms with E-state index in [4.69, 9.17) is 19.4 Å². The molecule has 0 unspecified atom stereocenters. The number of fused-ring (bicyclic) bond motifs is 6. The van der Waals surface area contributed by atoms with E-state index >= 15 is 0 Å². The molecule has 11 rings (SSSR count). The third-order valence-electron chi connectivity index (χ3n) is 10.7. The van der Waals surface area contributed by atoms with Crippen molar-refractivity contribution in [3.8, 4) is 62.1 Å². The second kappa shape index (κ2) is 13.0. The summed E-state index contributed by atoms with van der Waals surface area (Å²) in [5.74, 6) is 1.87. The molecule has 0 fully saturated rings. The lowest BCUT2D eigenvalue weighted by Crippen LogP contribution is -2.00. The quantitative estimate of drug-likeness (QED) is 0.172. The van der Waals surface area contributed by atoms with Crippen molar-refractivity contribution in [3.05, 3.63) is 194 Å². The Morgan fingerprint density at radius 2 is 0.893 bits per heavy atom. The molecule has 5 nitrogen and oxygen atoms in total. The van der Waals surface area contributed by atoms with Crippen LogP contribution < -0.4 is 0 Å². The van der Waals surface area contributed by atoms with Gasteiger partial charge in [0.1, 0.15) is 11.2 Å². The second-order valence-corrected chi connectivity index (χ2v) is 14.0. The molecule has 0 radical (unpaired) electrons. The van der Waals surface area contributed by atoms with Gasteiger partial charge in [-0.05, 0) is 53.1 Å². The van der Waals surface area contributed by atoms with E-state index in [2.05, 4.69) is 150 Å². The van der Waals surface area contributed by atoms with Crippen molar-refractivity contribution < 1.29 is 4.42 Å². The molecule has 0 N–H and O–H groups in total. The molecule has 8 aromatic carbocycles. The van der Waals surface area contributed by atoms with Gasteiger partial charge in [0.25, 0.3) is 0 Å². The average Bonchev–Trinajstić information content (AvgIpc) is 3.82. The van der Waals surface area contributed by atoms with Crippen LogP contribution >= 0.6 is 0 Å². The monoisotopic (exact) mass is 716 g/mol. The average molecular weight is 717 g/mol. The Labute approximate surface area is 322 Å². The Kier molecular flexibility index (Phi) is 7.42. The highest BCUT2D eigenvalue weighted by molar-refractivity contribution is 6.13. The molecule has 56 heavy (non-hydrogen) atoms. The number of aromatic nitrogens is 4. The fourth-order valence-corrected chi connectivity index (χ4v) is 7.95. The van der Waals surface area contributed by atoms with Crippen molar-refractivity contribution in [3.63, 3.8) is 0 Å². The Bertz CT molecular complexity index is 3220. The first-order valence-corrected chi connectivity index (χ1v) is 18.8. The molecular formula is C51H32N4O. The maximum absolute atomic E-state index is 6.46. The highest BCUT2D eigenvalue weighted by Crippen LogP contribution is 2.40. The van der Waals surface area contributed by atoms with Crippen LogP contribution in [-0.4, -0.2) is 19.5 Å². The van der Waals surface area contributed by atoms with E-state index in [0.717, 1.165) is 82.8 Å². The lowest BCUT2D eigenvalue weighted by molar-refractivity contribution is 0.670. The molecule has 0 bridgehead atoms. The largest absolute Gasteiger partial charge is 0.455 e. The van der Waals surface area contributed by atoms with Gasteiger partial charge in [0, 0.05) is 49.5 Å². The molecule has 262 valence electrons. The summed E-state index contributed by atoms with van der Waals surface area (Å²) < 4.78 is 8.80. The van der Waals surface area contributed by atoms with Crippen molar-refractivity contribution >= 4 is 43.7 Å². The molecule has 0 aliphatic rings. The van der Waals surface area contributed by atoms with Crippen molar-refractivity contribution in [2.45, 2.75) is 0 Å². The molecule has 0 aliphatic heterocycles. The van der Waals surface area contributed by atoms with E-state index in [0.29, 0.717) is 17.5 Å². The Hall–Kier alpha value is -7.63. The number of nitrogens with zero attached hydrogens (tertiary/aromatic N) is 4. The highest BCUT2D eigenvalue weighted by atomic mass is 16.3. The van der Waals surface area contributed by atoms with Gasteiger partial charge in [0.05, 0.1) is 11.0 Å². The van der Waals surface area contributed by atoms with Gasteiger partial charge in [0.2, 0.25) is 0 Å².